The van der Waals surface area contributed by atoms with Crippen molar-refractivity contribution in [2.75, 3.05) is 0 Å². The van der Waals surface area contributed by atoms with E-state index in [0.29, 0.717) is 10.0 Å². The molecular weight excluding hydrogens is 223 g/mol. The Labute approximate surface area is 90.7 Å². The summed E-state index contributed by atoms with van der Waals surface area (Å²) in [5, 5.41) is 3.15. The van der Waals surface area contributed by atoms with Gasteiger partial charge in [-0.15, -0.1) is 11.3 Å². The van der Waals surface area contributed by atoms with Crippen LogP contribution in [0.1, 0.15) is 0 Å². The first-order valence-corrected chi connectivity index (χ1v) is 5.32. The summed E-state index contributed by atoms with van der Waals surface area (Å²) in [6.07, 6.45) is 0. The Kier molecular flexibility index (Phi) is 2.58. The van der Waals surface area contributed by atoms with Gasteiger partial charge in [-0.05, 0) is 23.6 Å². The Morgan fingerprint density at radius 3 is 2.77 bits per heavy atom. The van der Waals surface area contributed by atoms with Gasteiger partial charge in [-0.25, -0.2) is 0 Å². The van der Waals surface area contributed by atoms with Gasteiger partial charge in [-0.1, -0.05) is 35.3 Å². The van der Waals surface area contributed by atoms with Crippen LogP contribution in [0.2, 0.25) is 10.0 Å². The van der Waals surface area contributed by atoms with E-state index >= 15 is 0 Å². The Morgan fingerprint density at radius 1 is 1.23 bits per heavy atom. The number of benzene rings is 1. The Hall–Kier alpha value is -0.500. The summed E-state index contributed by atoms with van der Waals surface area (Å²) in [5.74, 6) is 0. The number of hydrogen-bond acceptors (Lipinski definition) is 1. The lowest BCUT2D eigenvalue weighted by Gasteiger charge is -2.01. The molecule has 0 spiro atoms. The van der Waals surface area contributed by atoms with Gasteiger partial charge in [0.25, 0.3) is 0 Å². The summed E-state index contributed by atoms with van der Waals surface area (Å²) in [7, 11) is 0. The maximum atomic E-state index is 6.03. The summed E-state index contributed by atoms with van der Waals surface area (Å²) in [6, 6.07) is 10.6. The van der Waals surface area contributed by atoms with E-state index in [2.05, 4.69) is 6.07 Å². The monoisotopic (exact) mass is 227 g/mol. The summed E-state index contributed by atoms with van der Waals surface area (Å²) >= 11 is 13.5. The number of thiophene rings is 1. The van der Waals surface area contributed by atoms with E-state index in [-0.39, 0.29) is 0 Å². The number of rotatable bonds is 1. The predicted octanol–water partition coefficient (Wildman–Crippen LogP) is 4.52. The number of hydrogen-bond donors (Lipinski definition) is 0. The molecule has 0 unspecified atom stereocenters. The standard InChI is InChI=1S/C10H5Cl2S/c11-8-4-1-3-7(10(8)12)9-5-2-6-13-9/h1-2,4-6H. The predicted molar refractivity (Wildman–Crippen MR) is 58.6 cm³/mol. The van der Waals surface area contributed by atoms with Crippen molar-refractivity contribution in [3.8, 4) is 10.4 Å². The van der Waals surface area contributed by atoms with Crippen molar-refractivity contribution in [3.63, 3.8) is 0 Å². The van der Waals surface area contributed by atoms with Crippen molar-refractivity contribution in [2.45, 2.75) is 0 Å². The smallest absolute Gasteiger partial charge is 0.0685 e. The summed E-state index contributed by atoms with van der Waals surface area (Å²) < 4.78 is 0. The average Bonchev–Trinajstić information content (AvgIpc) is 2.62. The van der Waals surface area contributed by atoms with Crippen LogP contribution in [0.5, 0.6) is 0 Å². The highest BCUT2D eigenvalue weighted by Gasteiger charge is 2.06. The molecule has 0 saturated carbocycles. The second-order valence-electron chi connectivity index (χ2n) is 2.49. The second-order valence-corrected chi connectivity index (χ2v) is 4.22. The van der Waals surface area contributed by atoms with Crippen molar-refractivity contribution in [3.05, 3.63) is 45.8 Å². The molecule has 0 atom stereocenters. The minimum Gasteiger partial charge on any atom is -0.144 e. The van der Waals surface area contributed by atoms with Gasteiger partial charge in [-0.2, -0.15) is 0 Å². The van der Waals surface area contributed by atoms with E-state index in [0.717, 1.165) is 10.4 Å². The summed E-state index contributed by atoms with van der Waals surface area (Å²) in [6.45, 7) is 0. The molecule has 2 rings (SSSR count). The first kappa shape index (κ1) is 9.07. The Balaban J connectivity index is 2.59. The van der Waals surface area contributed by atoms with Crippen LogP contribution in [0.3, 0.4) is 0 Å². The fraction of sp³-hybridized carbons (Fsp3) is 0. The van der Waals surface area contributed by atoms with Gasteiger partial charge in [0.15, 0.2) is 0 Å². The van der Waals surface area contributed by atoms with E-state index in [1.54, 1.807) is 23.5 Å². The molecule has 1 heterocycles. The normalized spacial score (nSPS) is 10.3. The molecule has 0 N–H and O–H groups in total. The fourth-order valence-corrected chi connectivity index (χ4v) is 2.23. The molecule has 0 fully saturated rings. The van der Waals surface area contributed by atoms with E-state index in [4.69, 9.17) is 23.2 Å². The SMILES string of the molecule is Clc1cc[c]c(-c2cccs2)c1Cl. The molecule has 65 valence electrons. The summed E-state index contributed by atoms with van der Waals surface area (Å²) in [5.41, 5.74) is 0.879. The van der Waals surface area contributed by atoms with Gasteiger partial charge in [-0.3, -0.25) is 0 Å². The average molecular weight is 228 g/mol. The van der Waals surface area contributed by atoms with E-state index in [1.165, 1.54) is 0 Å². The lowest BCUT2D eigenvalue weighted by atomic mass is 10.2. The molecule has 0 nitrogen and oxygen atoms in total. The van der Waals surface area contributed by atoms with Crippen molar-refractivity contribution in [1.82, 2.24) is 0 Å². The molecule has 0 aliphatic carbocycles. The third-order valence-corrected chi connectivity index (χ3v) is 3.35. The van der Waals surface area contributed by atoms with Crippen LogP contribution < -0.4 is 0 Å². The molecule has 0 amide bonds. The van der Waals surface area contributed by atoms with Crippen LogP contribution >= 0.6 is 34.5 Å². The topological polar surface area (TPSA) is 0 Å². The lowest BCUT2D eigenvalue weighted by Crippen LogP contribution is -1.76. The molecule has 1 aromatic heterocycles. The Morgan fingerprint density at radius 2 is 2.08 bits per heavy atom. The van der Waals surface area contributed by atoms with Gasteiger partial charge in [0.05, 0.1) is 10.0 Å². The highest BCUT2D eigenvalue weighted by atomic mass is 35.5. The zero-order valence-electron chi connectivity index (χ0n) is 6.55. The van der Waals surface area contributed by atoms with Crippen LogP contribution in [0.25, 0.3) is 10.4 Å². The zero-order valence-corrected chi connectivity index (χ0v) is 8.88. The van der Waals surface area contributed by atoms with Crippen LogP contribution in [0.4, 0.5) is 0 Å². The van der Waals surface area contributed by atoms with Crippen LogP contribution in [-0.4, -0.2) is 0 Å². The lowest BCUT2D eigenvalue weighted by molar-refractivity contribution is 1.68. The maximum Gasteiger partial charge on any atom is 0.0685 e. The van der Waals surface area contributed by atoms with E-state index in [9.17, 15) is 0 Å². The quantitative estimate of drug-likeness (QED) is 0.673. The highest BCUT2D eigenvalue weighted by Crippen LogP contribution is 2.34. The van der Waals surface area contributed by atoms with E-state index in [1.807, 2.05) is 17.5 Å². The van der Waals surface area contributed by atoms with Crippen molar-refractivity contribution >= 4 is 34.5 Å². The van der Waals surface area contributed by atoms with Crippen LogP contribution in [-0.2, 0) is 0 Å². The molecule has 2 aromatic rings. The molecule has 0 saturated heterocycles. The third kappa shape index (κ3) is 1.73. The van der Waals surface area contributed by atoms with Crippen molar-refractivity contribution in [2.24, 2.45) is 0 Å². The highest BCUT2D eigenvalue weighted by molar-refractivity contribution is 7.13. The van der Waals surface area contributed by atoms with Crippen molar-refractivity contribution < 1.29 is 0 Å². The first-order valence-electron chi connectivity index (χ1n) is 3.68. The fourth-order valence-electron chi connectivity index (χ4n) is 1.05. The minimum absolute atomic E-state index is 0.573. The molecule has 0 bridgehead atoms. The minimum atomic E-state index is 0.573. The van der Waals surface area contributed by atoms with Crippen LogP contribution in [0, 0.1) is 6.07 Å². The van der Waals surface area contributed by atoms with Gasteiger partial charge < -0.3 is 0 Å². The molecule has 1 radical (unpaired) electrons. The first-order chi connectivity index (χ1) is 6.29. The third-order valence-electron chi connectivity index (χ3n) is 1.65. The maximum absolute atomic E-state index is 6.03. The molecule has 13 heavy (non-hydrogen) atoms. The molecule has 3 heteroatoms. The van der Waals surface area contributed by atoms with Gasteiger partial charge >= 0.3 is 0 Å². The largest absolute Gasteiger partial charge is 0.144 e. The zero-order chi connectivity index (χ0) is 9.26. The molecule has 0 aliphatic rings. The molecular formula is C10H5Cl2S. The molecule has 0 aliphatic heterocycles. The van der Waals surface area contributed by atoms with E-state index < -0.39 is 0 Å². The van der Waals surface area contributed by atoms with Gasteiger partial charge in [0.1, 0.15) is 0 Å². The number of halogens is 2. The van der Waals surface area contributed by atoms with Crippen molar-refractivity contribution in [1.29, 1.82) is 0 Å². The van der Waals surface area contributed by atoms with Gasteiger partial charge in [0, 0.05) is 10.4 Å². The van der Waals surface area contributed by atoms with Crippen LogP contribution in [0.15, 0.2) is 29.6 Å². The summed E-state index contributed by atoms with van der Waals surface area (Å²) in [4.78, 5) is 1.09. The van der Waals surface area contributed by atoms with Gasteiger partial charge in [0.2, 0.25) is 0 Å². The second kappa shape index (κ2) is 3.70. The Bertz CT molecular complexity index is 407. The molecule has 1 aromatic carbocycles.